The number of amides is 1. The van der Waals surface area contributed by atoms with Crippen LogP contribution in [0.4, 0.5) is 5.69 Å². The highest BCUT2D eigenvalue weighted by atomic mass is 16.4. The Hall–Kier alpha value is -2.08. The second-order valence-corrected chi connectivity index (χ2v) is 3.94. The number of benzene rings is 1. The Balaban J connectivity index is 2.20. The minimum atomic E-state index is -0.416. The van der Waals surface area contributed by atoms with Crippen molar-refractivity contribution in [2.24, 2.45) is 7.05 Å². The predicted molar refractivity (Wildman–Crippen MR) is 68.6 cm³/mol. The van der Waals surface area contributed by atoms with Gasteiger partial charge in [0.25, 0.3) is 0 Å². The number of anilines is 1. The molecule has 0 unspecified atom stereocenters. The van der Waals surface area contributed by atoms with Crippen molar-refractivity contribution < 1.29 is 9.21 Å². The largest absolute Gasteiger partial charge is 0.419 e. The fourth-order valence-electron chi connectivity index (χ4n) is 1.66. The Labute approximate surface area is 104 Å². The molecule has 0 fully saturated rings. The van der Waals surface area contributed by atoms with Gasteiger partial charge in [0.2, 0.25) is 5.91 Å². The molecule has 1 amide bonds. The van der Waals surface area contributed by atoms with Crippen molar-refractivity contribution in [1.82, 2.24) is 9.88 Å². The van der Waals surface area contributed by atoms with Crippen LogP contribution in [0.3, 0.4) is 0 Å². The summed E-state index contributed by atoms with van der Waals surface area (Å²) in [6.45, 7) is 2.92. The lowest BCUT2D eigenvalue weighted by molar-refractivity contribution is -0.115. The van der Waals surface area contributed by atoms with Crippen molar-refractivity contribution in [2.75, 3.05) is 18.4 Å². The first-order chi connectivity index (χ1) is 8.61. The molecule has 18 heavy (non-hydrogen) atoms. The zero-order valence-corrected chi connectivity index (χ0v) is 10.3. The molecule has 2 rings (SSSR count). The average molecular weight is 249 g/mol. The van der Waals surface area contributed by atoms with Crippen molar-refractivity contribution >= 4 is 22.7 Å². The Morgan fingerprint density at radius 1 is 1.44 bits per heavy atom. The first kappa shape index (κ1) is 12.4. The molecule has 0 saturated heterocycles. The topological polar surface area (TPSA) is 76.3 Å². The summed E-state index contributed by atoms with van der Waals surface area (Å²) < 4.78 is 6.46. The molecule has 0 atom stereocenters. The monoisotopic (exact) mass is 249 g/mol. The number of likely N-dealkylation sites (N-methyl/N-ethyl adjacent to an activating group) is 1. The maximum Gasteiger partial charge on any atom is 0.419 e. The van der Waals surface area contributed by atoms with E-state index >= 15 is 0 Å². The lowest BCUT2D eigenvalue weighted by Crippen LogP contribution is -2.27. The van der Waals surface area contributed by atoms with Crippen LogP contribution in [0.15, 0.2) is 27.4 Å². The molecule has 0 aliphatic heterocycles. The van der Waals surface area contributed by atoms with Crippen molar-refractivity contribution in [2.45, 2.75) is 6.92 Å². The van der Waals surface area contributed by atoms with Crippen LogP contribution in [-0.2, 0) is 11.8 Å². The molecule has 2 N–H and O–H groups in total. The molecule has 6 heteroatoms. The number of carbonyl (C=O) groups is 1. The van der Waals surface area contributed by atoms with Crippen LogP contribution in [0.2, 0.25) is 0 Å². The minimum absolute atomic E-state index is 0.130. The van der Waals surface area contributed by atoms with Crippen LogP contribution >= 0.6 is 0 Å². The minimum Gasteiger partial charge on any atom is -0.408 e. The maximum absolute atomic E-state index is 11.5. The second kappa shape index (κ2) is 5.05. The van der Waals surface area contributed by atoms with Crippen LogP contribution in [-0.4, -0.2) is 23.6 Å². The molecule has 1 aromatic carbocycles. The molecular formula is C12H15N3O3. The molecule has 0 aliphatic carbocycles. The standard InChI is InChI=1S/C12H15N3O3/c1-3-13-7-11(16)14-8-4-5-9-10(6-8)18-12(17)15(9)2/h4-6,13H,3,7H2,1-2H3,(H,14,16). The highest BCUT2D eigenvalue weighted by molar-refractivity contribution is 5.94. The second-order valence-electron chi connectivity index (χ2n) is 3.94. The molecule has 0 radical (unpaired) electrons. The van der Waals surface area contributed by atoms with Crippen LogP contribution in [0, 0.1) is 0 Å². The number of aryl methyl sites for hydroxylation is 1. The Morgan fingerprint density at radius 3 is 2.94 bits per heavy atom. The molecule has 0 bridgehead atoms. The number of hydrogen-bond acceptors (Lipinski definition) is 4. The summed E-state index contributed by atoms with van der Waals surface area (Å²) in [5, 5.41) is 5.65. The molecule has 0 spiro atoms. The molecular weight excluding hydrogens is 234 g/mol. The van der Waals surface area contributed by atoms with Gasteiger partial charge in [0.05, 0.1) is 12.1 Å². The zero-order valence-electron chi connectivity index (χ0n) is 10.3. The van der Waals surface area contributed by atoms with Crippen LogP contribution < -0.4 is 16.4 Å². The lowest BCUT2D eigenvalue weighted by atomic mass is 10.3. The summed E-state index contributed by atoms with van der Waals surface area (Å²) in [5.41, 5.74) is 1.77. The first-order valence-electron chi connectivity index (χ1n) is 5.72. The SMILES string of the molecule is CCNCC(=O)Nc1ccc2c(c1)oc(=O)n2C. The van der Waals surface area contributed by atoms with Gasteiger partial charge in [-0.25, -0.2) is 4.79 Å². The van der Waals surface area contributed by atoms with Gasteiger partial charge in [-0.3, -0.25) is 9.36 Å². The molecule has 0 aliphatic rings. The van der Waals surface area contributed by atoms with E-state index in [4.69, 9.17) is 4.42 Å². The van der Waals surface area contributed by atoms with E-state index in [9.17, 15) is 9.59 Å². The normalized spacial score (nSPS) is 10.8. The summed E-state index contributed by atoms with van der Waals surface area (Å²) in [7, 11) is 1.64. The van der Waals surface area contributed by atoms with E-state index in [1.165, 1.54) is 4.57 Å². The number of rotatable bonds is 4. The highest BCUT2D eigenvalue weighted by Gasteiger charge is 2.07. The van der Waals surface area contributed by atoms with Gasteiger partial charge < -0.3 is 15.1 Å². The summed E-state index contributed by atoms with van der Waals surface area (Å²) in [5.74, 6) is -0.546. The number of fused-ring (bicyclic) bond motifs is 1. The summed E-state index contributed by atoms with van der Waals surface area (Å²) in [4.78, 5) is 22.8. The summed E-state index contributed by atoms with van der Waals surface area (Å²) >= 11 is 0. The van der Waals surface area contributed by atoms with Crippen LogP contribution in [0.5, 0.6) is 0 Å². The quantitative estimate of drug-likeness (QED) is 0.835. The average Bonchev–Trinajstić information content (AvgIpc) is 2.62. The number of hydrogen-bond donors (Lipinski definition) is 2. The summed E-state index contributed by atoms with van der Waals surface area (Å²) in [6, 6.07) is 5.12. The van der Waals surface area contributed by atoms with Gasteiger partial charge in [0, 0.05) is 18.8 Å². The molecule has 0 saturated carbocycles. The maximum atomic E-state index is 11.5. The third-order valence-electron chi connectivity index (χ3n) is 2.61. The number of oxazole rings is 1. The van der Waals surface area contributed by atoms with E-state index in [0.717, 1.165) is 6.54 Å². The molecule has 6 nitrogen and oxygen atoms in total. The van der Waals surface area contributed by atoms with Crippen molar-refractivity contribution in [1.29, 1.82) is 0 Å². The molecule has 96 valence electrons. The Morgan fingerprint density at radius 2 is 2.22 bits per heavy atom. The van der Waals surface area contributed by atoms with Crippen LogP contribution in [0.25, 0.3) is 11.1 Å². The zero-order chi connectivity index (χ0) is 13.1. The van der Waals surface area contributed by atoms with Crippen molar-refractivity contribution in [3.63, 3.8) is 0 Å². The highest BCUT2D eigenvalue weighted by Crippen LogP contribution is 2.17. The van der Waals surface area contributed by atoms with E-state index < -0.39 is 5.76 Å². The lowest BCUT2D eigenvalue weighted by Gasteiger charge is -2.05. The van der Waals surface area contributed by atoms with Gasteiger partial charge in [0.15, 0.2) is 5.58 Å². The fourth-order valence-corrected chi connectivity index (χ4v) is 1.66. The van der Waals surface area contributed by atoms with Gasteiger partial charge in [-0.1, -0.05) is 6.92 Å². The summed E-state index contributed by atoms with van der Waals surface area (Å²) in [6.07, 6.45) is 0. The smallest absolute Gasteiger partial charge is 0.408 e. The third kappa shape index (κ3) is 2.43. The third-order valence-corrected chi connectivity index (χ3v) is 2.61. The number of aromatic nitrogens is 1. The van der Waals surface area contributed by atoms with Gasteiger partial charge >= 0.3 is 5.76 Å². The van der Waals surface area contributed by atoms with Gasteiger partial charge in [0.1, 0.15) is 0 Å². The van der Waals surface area contributed by atoms with E-state index in [0.29, 0.717) is 16.8 Å². The van der Waals surface area contributed by atoms with Crippen molar-refractivity contribution in [3.8, 4) is 0 Å². The molecule has 2 aromatic rings. The van der Waals surface area contributed by atoms with Gasteiger partial charge in [-0.15, -0.1) is 0 Å². The van der Waals surface area contributed by atoms with Crippen molar-refractivity contribution in [3.05, 3.63) is 28.7 Å². The Kier molecular flexibility index (Phi) is 3.47. The van der Waals surface area contributed by atoms with Crippen LogP contribution in [0.1, 0.15) is 6.92 Å². The van der Waals surface area contributed by atoms with E-state index in [-0.39, 0.29) is 12.5 Å². The Bertz CT molecular complexity index is 627. The van der Waals surface area contributed by atoms with Gasteiger partial charge in [-0.2, -0.15) is 0 Å². The predicted octanol–water partition coefficient (Wildman–Crippen LogP) is 0.679. The van der Waals surface area contributed by atoms with E-state index in [1.807, 2.05) is 6.92 Å². The van der Waals surface area contributed by atoms with E-state index in [2.05, 4.69) is 10.6 Å². The van der Waals surface area contributed by atoms with E-state index in [1.54, 1.807) is 25.2 Å². The molecule has 1 heterocycles. The number of carbonyl (C=O) groups excluding carboxylic acids is 1. The number of nitrogens with one attached hydrogen (secondary N) is 2. The number of nitrogens with zero attached hydrogens (tertiary/aromatic N) is 1. The fraction of sp³-hybridized carbons (Fsp3) is 0.333. The van der Waals surface area contributed by atoms with Gasteiger partial charge in [-0.05, 0) is 18.7 Å². The molecule has 1 aromatic heterocycles. The first-order valence-corrected chi connectivity index (χ1v) is 5.72.